The van der Waals surface area contributed by atoms with Gasteiger partial charge in [0.1, 0.15) is 5.75 Å². The average Bonchev–Trinajstić information content (AvgIpc) is 2.90. The van der Waals surface area contributed by atoms with E-state index in [1.54, 1.807) is 7.11 Å². The second kappa shape index (κ2) is 5.67. The Balaban J connectivity index is 1.75. The van der Waals surface area contributed by atoms with E-state index in [1.807, 2.05) is 43.3 Å². The van der Waals surface area contributed by atoms with E-state index in [2.05, 4.69) is 44.0 Å². The quantitative estimate of drug-likeness (QED) is 0.478. The molecule has 0 saturated carbocycles. The van der Waals surface area contributed by atoms with Crippen LogP contribution in [-0.4, -0.2) is 7.11 Å². The summed E-state index contributed by atoms with van der Waals surface area (Å²) in [6.07, 6.45) is 0. The van der Waals surface area contributed by atoms with Gasteiger partial charge < -0.3 is 14.2 Å². The molecule has 1 aliphatic heterocycles. The highest BCUT2D eigenvalue weighted by Gasteiger charge is 2.39. The third-order valence-electron chi connectivity index (χ3n) is 4.17. The number of benzene rings is 3. The van der Waals surface area contributed by atoms with Crippen molar-refractivity contribution >= 4 is 42.6 Å². The molecule has 0 aromatic heterocycles. The van der Waals surface area contributed by atoms with Gasteiger partial charge in [0.2, 0.25) is 0 Å². The Kier molecular flexibility index (Phi) is 3.73. The van der Waals surface area contributed by atoms with Crippen molar-refractivity contribution in [3.8, 4) is 17.2 Å². The maximum Gasteiger partial charge on any atom is 0.275 e. The lowest BCUT2D eigenvalue weighted by Gasteiger charge is -2.23. The molecule has 0 N–H and O–H groups in total. The first-order valence-corrected chi connectivity index (χ1v) is 9.02. The largest absolute Gasteiger partial charge is 0.497 e. The SMILES string of the molecule is COc1ccc(C2(C)Oc3cc4cc(Br)c(Br)cc4cc3O2)cc1. The molecule has 0 spiro atoms. The predicted molar refractivity (Wildman–Crippen MR) is 101 cm³/mol. The lowest BCUT2D eigenvalue weighted by molar-refractivity contribution is -0.0680. The van der Waals surface area contributed by atoms with E-state index in [9.17, 15) is 0 Å². The molecule has 0 unspecified atom stereocenters. The molecule has 1 aliphatic rings. The minimum atomic E-state index is -0.847. The van der Waals surface area contributed by atoms with Crippen molar-refractivity contribution in [1.29, 1.82) is 0 Å². The van der Waals surface area contributed by atoms with Gasteiger partial charge in [0.25, 0.3) is 5.79 Å². The molecule has 0 atom stereocenters. The standard InChI is InChI=1S/C19H14Br2O3/c1-19(13-3-5-14(22-2)6-4-13)23-17-9-11-7-15(20)16(21)8-12(11)10-18(17)24-19/h3-10H,1-2H3. The Morgan fingerprint density at radius 1 is 0.833 bits per heavy atom. The number of hydrogen-bond donors (Lipinski definition) is 0. The van der Waals surface area contributed by atoms with Gasteiger partial charge in [-0.15, -0.1) is 0 Å². The second-order valence-electron chi connectivity index (χ2n) is 5.79. The molecule has 0 saturated heterocycles. The Morgan fingerprint density at radius 2 is 1.33 bits per heavy atom. The molecule has 3 aromatic rings. The van der Waals surface area contributed by atoms with Gasteiger partial charge >= 0.3 is 0 Å². The first kappa shape index (κ1) is 15.8. The van der Waals surface area contributed by atoms with E-state index in [-0.39, 0.29) is 0 Å². The molecule has 3 aromatic carbocycles. The predicted octanol–water partition coefficient (Wildman–Crippen LogP) is 6.02. The first-order valence-electron chi connectivity index (χ1n) is 7.44. The van der Waals surface area contributed by atoms with Gasteiger partial charge in [-0.2, -0.15) is 0 Å². The highest BCUT2D eigenvalue weighted by molar-refractivity contribution is 9.13. The molecular weight excluding hydrogens is 436 g/mol. The van der Waals surface area contributed by atoms with Crippen molar-refractivity contribution in [3.63, 3.8) is 0 Å². The number of halogens is 2. The lowest BCUT2D eigenvalue weighted by atomic mass is 10.1. The van der Waals surface area contributed by atoms with Crippen LogP contribution in [0.3, 0.4) is 0 Å². The average molecular weight is 450 g/mol. The zero-order valence-corrected chi connectivity index (χ0v) is 16.3. The van der Waals surface area contributed by atoms with Gasteiger partial charge in [-0.25, -0.2) is 0 Å². The third kappa shape index (κ3) is 2.56. The second-order valence-corrected chi connectivity index (χ2v) is 7.50. The van der Waals surface area contributed by atoms with Gasteiger partial charge in [-0.3, -0.25) is 0 Å². The monoisotopic (exact) mass is 448 g/mol. The molecule has 1 heterocycles. The zero-order chi connectivity index (χ0) is 16.9. The summed E-state index contributed by atoms with van der Waals surface area (Å²) in [7, 11) is 1.65. The van der Waals surface area contributed by atoms with Crippen molar-refractivity contribution in [2.24, 2.45) is 0 Å². The zero-order valence-electron chi connectivity index (χ0n) is 13.1. The minimum absolute atomic E-state index is 0.745. The van der Waals surface area contributed by atoms with Gasteiger partial charge in [0.05, 0.1) is 7.11 Å². The lowest BCUT2D eigenvalue weighted by Crippen LogP contribution is -2.31. The van der Waals surface area contributed by atoms with Crippen LogP contribution in [0.2, 0.25) is 0 Å². The van der Waals surface area contributed by atoms with Crippen LogP contribution < -0.4 is 14.2 Å². The van der Waals surface area contributed by atoms with Crippen LogP contribution in [0.4, 0.5) is 0 Å². The fourth-order valence-corrected chi connectivity index (χ4v) is 3.59. The van der Waals surface area contributed by atoms with Crippen LogP contribution in [0.1, 0.15) is 12.5 Å². The van der Waals surface area contributed by atoms with E-state index in [1.165, 1.54) is 0 Å². The molecule has 0 bridgehead atoms. The smallest absolute Gasteiger partial charge is 0.275 e. The molecule has 0 amide bonds. The van der Waals surface area contributed by atoms with Gasteiger partial charge in [-0.05, 0) is 91.2 Å². The van der Waals surface area contributed by atoms with Crippen LogP contribution >= 0.6 is 31.9 Å². The number of methoxy groups -OCH3 is 1. The summed E-state index contributed by atoms with van der Waals surface area (Å²) < 4.78 is 19.5. The topological polar surface area (TPSA) is 27.7 Å². The molecular formula is C19H14Br2O3. The molecule has 24 heavy (non-hydrogen) atoms. The first-order chi connectivity index (χ1) is 11.5. The molecule has 0 fully saturated rings. The van der Waals surface area contributed by atoms with Crippen LogP contribution in [0, 0.1) is 0 Å². The molecule has 4 rings (SSSR count). The fraction of sp³-hybridized carbons (Fsp3) is 0.158. The molecule has 0 aliphatic carbocycles. The number of ether oxygens (including phenoxy) is 3. The summed E-state index contributed by atoms with van der Waals surface area (Å²) in [5, 5.41) is 2.18. The number of rotatable bonds is 2. The minimum Gasteiger partial charge on any atom is -0.497 e. The van der Waals surface area contributed by atoms with Crippen LogP contribution in [0.25, 0.3) is 10.8 Å². The Labute approximate surface area is 156 Å². The summed E-state index contributed by atoms with van der Waals surface area (Å²) in [6.45, 7) is 1.92. The van der Waals surface area contributed by atoms with Gasteiger partial charge in [-0.1, -0.05) is 0 Å². The maximum absolute atomic E-state index is 6.14. The Morgan fingerprint density at radius 3 is 1.79 bits per heavy atom. The van der Waals surface area contributed by atoms with Crippen molar-refractivity contribution in [2.75, 3.05) is 7.11 Å². The summed E-state index contributed by atoms with van der Waals surface area (Å²) in [4.78, 5) is 0. The summed E-state index contributed by atoms with van der Waals surface area (Å²) in [6, 6.07) is 15.9. The van der Waals surface area contributed by atoms with E-state index >= 15 is 0 Å². The summed E-state index contributed by atoms with van der Waals surface area (Å²) in [5.41, 5.74) is 0.936. The fourth-order valence-electron chi connectivity index (χ4n) is 2.86. The van der Waals surface area contributed by atoms with Crippen molar-refractivity contribution in [3.05, 3.63) is 63.0 Å². The van der Waals surface area contributed by atoms with Crippen LogP contribution in [-0.2, 0) is 5.79 Å². The Bertz CT molecular complexity index is 885. The van der Waals surface area contributed by atoms with Crippen LogP contribution in [0.5, 0.6) is 17.2 Å². The van der Waals surface area contributed by atoms with Crippen molar-refractivity contribution in [2.45, 2.75) is 12.7 Å². The van der Waals surface area contributed by atoms with Gasteiger partial charge in [0, 0.05) is 21.4 Å². The molecule has 0 radical (unpaired) electrons. The Hall–Kier alpha value is -1.72. The van der Waals surface area contributed by atoms with Crippen molar-refractivity contribution in [1.82, 2.24) is 0 Å². The summed E-state index contributed by atoms with van der Waals surface area (Å²) in [5.74, 6) is 1.45. The van der Waals surface area contributed by atoms with Gasteiger partial charge in [0.15, 0.2) is 11.5 Å². The third-order valence-corrected chi connectivity index (χ3v) is 6.01. The van der Waals surface area contributed by atoms with E-state index < -0.39 is 5.79 Å². The molecule has 5 heteroatoms. The van der Waals surface area contributed by atoms with E-state index in [0.717, 1.165) is 42.5 Å². The molecule has 122 valence electrons. The van der Waals surface area contributed by atoms with E-state index in [4.69, 9.17) is 14.2 Å². The maximum atomic E-state index is 6.14. The molecule has 3 nitrogen and oxygen atoms in total. The van der Waals surface area contributed by atoms with Crippen LogP contribution in [0.15, 0.2) is 57.5 Å². The highest BCUT2D eigenvalue weighted by Crippen LogP contribution is 2.46. The normalized spacial score (nSPS) is 14.8. The van der Waals surface area contributed by atoms with Crippen molar-refractivity contribution < 1.29 is 14.2 Å². The summed E-state index contributed by atoms with van der Waals surface area (Å²) >= 11 is 7.08. The number of hydrogen-bond acceptors (Lipinski definition) is 3. The number of fused-ring (bicyclic) bond motifs is 2. The van der Waals surface area contributed by atoms with E-state index in [0.29, 0.717) is 0 Å². The highest BCUT2D eigenvalue weighted by atomic mass is 79.9.